The lowest BCUT2D eigenvalue weighted by Crippen LogP contribution is -2.30. The second kappa shape index (κ2) is 10.4. The van der Waals surface area contributed by atoms with Crippen LogP contribution in [0.1, 0.15) is 23.0 Å². The van der Waals surface area contributed by atoms with Gasteiger partial charge in [-0.25, -0.2) is 0 Å². The third kappa shape index (κ3) is 5.73. The lowest BCUT2D eigenvalue weighted by molar-refractivity contribution is -0.123. The maximum absolute atomic E-state index is 12.2. The first-order valence-electron chi connectivity index (χ1n) is 9.60. The molecule has 0 bridgehead atoms. The van der Waals surface area contributed by atoms with E-state index in [1.54, 1.807) is 13.0 Å². The average molecular weight is 444 g/mol. The predicted octanol–water partition coefficient (Wildman–Crippen LogP) is 2.36. The number of nitrogens with zero attached hydrogens (tertiary/aromatic N) is 2. The van der Waals surface area contributed by atoms with Crippen molar-refractivity contribution in [2.24, 2.45) is 5.73 Å². The topological polar surface area (TPSA) is 132 Å². The van der Waals surface area contributed by atoms with Crippen molar-refractivity contribution >= 4 is 23.4 Å². The van der Waals surface area contributed by atoms with E-state index in [0.29, 0.717) is 24.5 Å². The number of H-pyrrole nitrogens is 1. The van der Waals surface area contributed by atoms with Crippen molar-refractivity contribution in [3.8, 4) is 22.8 Å². The molecule has 9 nitrogen and oxygen atoms in total. The lowest BCUT2D eigenvalue weighted by Gasteiger charge is -2.14. The number of hydrogen-bond donors (Lipinski definition) is 3. The van der Waals surface area contributed by atoms with Crippen molar-refractivity contribution in [1.82, 2.24) is 20.7 Å². The highest BCUT2D eigenvalue weighted by Gasteiger charge is 2.21. The van der Waals surface area contributed by atoms with E-state index >= 15 is 0 Å². The normalized spacial score (nSPS) is 10.5. The lowest BCUT2D eigenvalue weighted by atomic mass is 10.1. The van der Waals surface area contributed by atoms with Crippen LogP contribution in [0.15, 0.2) is 42.5 Å². The number of ether oxygens (including phenoxy) is 2. The first-order valence-corrected chi connectivity index (χ1v) is 9.98. The van der Waals surface area contributed by atoms with Gasteiger partial charge in [-0.3, -0.25) is 9.59 Å². The average Bonchev–Trinajstić information content (AvgIpc) is 3.24. The van der Waals surface area contributed by atoms with Crippen molar-refractivity contribution in [2.75, 3.05) is 19.8 Å². The zero-order chi connectivity index (χ0) is 22.2. The van der Waals surface area contributed by atoms with Crippen LogP contribution in [-0.2, 0) is 11.2 Å². The van der Waals surface area contributed by atoms with E-state index in [1.165, 1.54) is 6.07 Å². The van der Waals surface area contributed by atoms with Crippen molar-refractivity contribution in [1.29, 1.82) is 0 Å². The Hall–Kier alpha value is -3.59. The van der Waals surface area contributed by atoms with Gasteiger partial charge in [-0.15, -0.1) is 0 Å². The molecule has 10 heteroatoms. The van der Waals surface area contributed by atoms with Crippen LogP contribution in [0.25, 0.3) is 11.3 Å². The second-order valence-corrected chi connectivity index (χ2v) is 6.88. The monoisotopic (exact) mass is 443 g/mol. The Balaban J connectivity index is 1.68. The molecular weight excluding hydrogens is 422 g/mol. The number of nitrogens with two attached hydrogens (primary N) is 1. The van der Waals surface area contributed by atoms with Crippen molar-refractivity contribution in [3.63, 3.8) is 0 Å². The van der Waals surface area contributed by atoms with Crippen LogP contribution in [0.5, 0.6) is 11.5 Å². The van der Waals surface area contributed by atoms with E-state index in [9.17, 15) is 9.59 Å². The maximum Gasteiger partial charge on any atom is 0.271 e. The number of halogens is 1. The Kier molecular flexibility index (Phi) is 7.45. The fourth-order valence-electron chi connectivity index (χ4n) is 2.87. The van der Waals surface area contributed by atoms with Crippen LogP contribution in [0.3, 0.4) is 0 Å². The van der Waals surface area contributed by atoms with Crippen molar-refractivity contribution in [2.45, 2.75) is 13.3 Å². The molecule has 2 amide bonds. The Morgan fingerprint density at radius 2 is 1.87 bits per heavy atom. The highest BCUT2D eigenvalue weighted by atomic mass is 35.5. The van der Waals surface area contributed by atoms with Crippen LogP contribution >= 0.6 is 11.6 Å². The van der Waals surface area contributed by atoms with Crippen LogP contribution in [0.4, 0.5) is 0 Å². The van der Waals surface area contributed by atoms with Gasteiger partial charge >= 0.3 is 0 Å². The van der Waals surface area contributed by atoms with E-state index in [4.69, 9.17) is 26.8 Å². The maximum atomic E-state index is 12.2. The number of primary amides is 1. The molecule has 0 aliphatic heterocycles. The molecule has 4 N–H and O–H groups in total. The number of amides is 2. The Morgan fingerprint density at radius 3 is 2.58 bits per heavy atom. The van der Waals surface area contributed by atoms with E-state index in [0.717, 1.165) is 12.0 Å². The minimum atomic E-state index is -0.745. The minimum absolute atomic E-state index is 0.0455. The molecule has 0 unspecified atom stereocenters. The van der Waals surface area contributed by atoms with E-state index < -0.39 is 5.91 Å². The molecule has 3 rings (SSSR count). The molecule has 162 valence electrons. The second-order valence-electron chi connectivity index (χ2n) is 6.47. The number of aromatic nitrogens is 3. The quantitative estimate of drug-likeness (QED) is 0.440. The summed E-state index contributed by atoms with van der Waals surface area (Å²) < 4.78 is 11.2. The molecule has 0 spiro atoms. The fourth-order valence-corrected chi connectivity index (χ4v) is 3.12. The highest BCUT2D eigenvalue weighted by Crippen LogP contribution is 2.38. The zero-order valence-electron chi connectivity index (χ0n) is 16.9. The van der Waals surface area contributed by atoms with Crippen LogP contribution in [-0.4, -0.2) is 47.0 Å². The molecule has 0 saturated heterocycles. The number of nitrogens with one attached hydrogen (secondary N) is 2. The van der Waals surface area contributed by atoms with Gasteiger partial charge < -0.3 is 20.5 Å². The first-order chi connectivity index (χ1) is 15.0. The number of hydrogen-bond acceptors (Lipinski definition) is 6. The van der Waals surface area contributed by atoms with Crippen LogP contribution in [0.2, 0.25) is 5.02 Å². The number of carbonyl (C=O) groups excluding carboxylic acids is 2. The number of carbonyl (C=O) groups is 2. The summed E-state index contributed by atoms with van der Waals surface area (Å²) in [6.45, 7) is 2.44. The summed E-state index contributed by atoms with van der Waals surface area (Å²) >= 11 is 6.37. The summed E-state index contributed by atoms with van der Waals surface area (Å²) in [5.41, 5.74) is 7.01. The SMILES string of the molecule is CCOc1cc(-c2n[nH]nc2C(N)=O)c(Cl)cc1OCC(=O)NCCc1ccccc1. The smallest absolute Gasteiger partial charge is 0.271 e. The molecule has 2 aromatic carbocycles. The molecule has 1 heterocycles. The van der Waals surface area contributed by atoms with Gasteiger partial charge in [0.2, 0.25) is 0 Å². The van der Waals surface area contributed by atoms with Gasteiger partial charge in [0.05, 0.1) is 11.6 Å². The van der Waals surface area contributed by atoms with Gasteiger partial charge in [0.15, 0.2) is 23.8 Å². The number of aromatic amines is 1. The van der Waals surface area contributed by atoms with Gasteiger partial charge in [0.25, 0.3) is 11.8 Å². The Morgan fingerprint density at radius 1 is 1.13 bits per heavy atom. The standard InChI is InChI=1S/C21H22ClN5O4/c1-2-30-16-10-14(19-20(21(23)29)26-27-25-19)15(22)11-17(16)31-12-18(28)24-9-8-13-6-4-3-5-7-13/h3-7,10-11H,2,8-9,12H2,1H3,(H2,23,29)(H,24,28)(H,25,26,27). The molecular formula is C21H22ClN5O4. The molecule has 3 aromatic rings. The fraction of sp³-hybridized carbons (Fsp3) is 0.238. The van der Waals surface area contributed by atoms with Gasteiger partial charge in [0, 0.05) is 18.2 Å². The predicted molar refractivity (Wildman–Crippen MR) is 115 cm³/mol. The van der Waals surface area contributed by atoms with E-state index in [-0.39, 0.29) is 34.7 Å². The van der Waals surface area contributed by atoms with Gasteiger partial charge in [-0.1, -0.05) is 41.9 Å². The summed E-state index contributed by atoms with van der Waals surface area (Å²) in [5.74, 6) is -0.383. The summed E-state index contributed by atoms with van der Waals surface area (Å²) in [6, 6.07) is 12.9. The molecule has 0 aliphatic carbocycles. The first kappa shape index (κ1) is 22.1. The molecule has 0 saturated carbocycles. The van der Waals surface area contributed by atoms with E-state index in [2.05, 4.69) is 20.7 Å². The van der Waals surface area contributed by atoms with Crippen LogP contribution in [0, 0.1) is 0 Å². The number of rotatable bonds is 10. The Labute approximate surface area is 183 Å². The summed E-state index contributed by atoms with van der Waals surface area (Å²) in [6.07, 6.45) is 0.719. The summed E-state index contributed by atoms with van der Waals surface area (Å²) in [5, 5.41) is 13.1. The van der Waals surface area contributed by atoms with Gasteiger partial charge in [-0.05, 0) is 25.0 Å². The molecule has 0 fully saturated rings. The van der Waals surface area contributed by atoms with Crippen LogP contribution < -0.4 is 20.5 Å². The van der Waals surface area contributed by atoms with Gasteiger partial charge in [0.1, 0.15) is 5.69 Å². The third-order valence-electron chi connectivity index (χ3n) is 4.31. The molecule has 0 aliphatic rings. The minimum Gasteiger partial charge on any atom is -0.490 e. The zero-order valence-corrected chi connectivity index (χ0v) is 17.6. The van der Waals surface area contributed by atoms with E-state index in [1.807, 2.05) is 30.3 Å². The largest absolute Gasteiger partial charge is 0.490 e. The van der Waals surface area contributed by atoms with Crippen molar-refractivity contribution < 1.29 is 19.1 Å². The molecule has 1 aromatic heterocycles. The highest BCUT2D eigenvalue weighted by molar-refractivity contribution is 6.33. The molecule has 31 heavy (non-hydrogen) atoms. The summed E-state index contributed by atoms with van der Waals surface area (Å²) in [7, 11) is 0. The van der Waals surface area contributed by atoms with Gasteiger partial charge in [-0.2, -0.15) is 15.4 Å². The molecule has 0 radical (unpaired) electrons. The molecule has 0 atom stereocenters. The van der Waals surface area contributed by atoms with Crippen molar-refractivity contribution in [3.05, 3.63) is 58.7 Å². The number of benzene rings is 2. The Bertz CT molecular complexity index is 1060. The summed E-state index contributed by atoms with van der Waals surface area (Å²) in [4.78, 5) is 23.7. The third-order valence-corrected chi connectivity index (χ3v) is 4.62.